The number of nitrogens with zero attached hydrogens (tertiary/aromatic N) is 2. The number of halogens is 2. The molecule has 2 amide bonds. The van der Waals surface area contributed by atoms with Crippen LogP contribution >= 0.6 is 31.9 Å². The van der Waals surface area contributed by atoms with Gasteiger partial charge in [0.15, 0.2) is 0 Å². The number of benzene rings is 3. The third-order valence-electron chi connectivity index (χ3n) is 7.01. The van der Waals surface area contributed by atoms with Crippen LogP contribution in [0.3, 0.4) is 0 Å². The number of amides is 2. The molecule has 0 spiro atoms. The molecular weight excluding hydrogens is 658 g/mol. The highest BCUT2D eigenvalue weighted by Crippen LogP contribution is 2.24. The van der Waals surface area contributed by atoms with E-state index in [2.05, 4.69) is 37.2 Å². The van der Waals surface area contributed by atoms with Crippen molar-refractivity contribution in [3.8, 4) is 0 Å². The van der Waals surface area contributed by atoms with E-state index in [-0.39, 0.29) is 18.5 Å². The average molecular weight is 691 g/mol. The predicted molar refractivity (Wildman–Crippen MR) is 165 cm³/mol. The van der Waals surface area contributed by atoms with Crippen molar-refractivity contribution in [3.63, 3.8) is 0 Å². The third-order valence-corrected chi connectivity index (χ3v) is 9.18. The Kier molecular flexibility index (Phi) is 10.4. The summed E-state index contributed by atoms with van der Waals surface area (Å²) in [5.41, 5.74) is 2.11. The Balaban J connectivity index is 1.72. The predicted octanol–water partition coefficient (Wildman–Crippen LogP) is 5.68. The number of hydrogen-bond acceptors (Lipinski definition) is 4. The Labute approximate surface area is 253 Å². The molecule has 7 nitrogen and oxygen atoms in total. The topological polar surface area (TPSA) is 86.8 Å². The van der Waals surface area contributed by atoms with Crippen LogP contribution in [0, 0.1) is 0 Å². The molecule has 1 saturated carbocycles. The van der Waals surface area contributed by atoms with Gasteiger partial charge in [-0.15, -0.1) is 0 Å². The summed E-state index contributed by atoms with van der Waals surface area (Å²) >= 11 is 6.84. The molecule has 0 aliphatic heterocycles. The van der Waals surface area contributed by atoms with Gasteiger partial charge in [0.1, 0.15) is 12.6 Å². The lowest BCUT2D eigenvalue weighted by Gasteiger charge is -2.34. The van der Waals surface area contributed by atoms with Gasteiger partial charge in [0.2, 0.25) is 21.8 Å². The van der Waals surface area contributed by atoms with Gasteiger partial charge in [-0.2, -0.15) is 0 Å². The first-order valence-corrected chi connectivity index (χ1v) is 16.6. The Morgan fingerprint density at radius 1 is 0.900 bits per heavy atom. The number of nitrogens with one attached hydrogen (secondary N) is 1. The number of rotatable bonds is 11. The third kappa shape index (κ3) is 8.41. The molecule has 1 aliphatic rings. The lowest BCUT2D eigenvalue weighted by Crippen LogP contribution is -2.54. The van der Waals surface area contributed by atoms with Crippen LogP contribution in [0.2, 0.25) is 0 Å². The smallest absolute Gasteiger partial charge is 0.244 e. The van der Waals surface area contributed by atoms with E-state index in [1.54, 1.807) is 24.3 Å². The van der Waals surface area contributed by atoms with Crippen LogP contribution in [0.1, 0.15) is 36.8 Å². The molecule has 1 N–H and O–H groups in total. The summed E-state index contributed by atoms with van der Waals surface area (Å²) in [6, 6.07) is 23.2. The minimum absolute atomic E-state index is 0.0737. The normalized spacial score (nSPS) is 14.5. The second kappa shape index (κ2) is 13.8. The van der Waals surface area contributed by atoms with E-state index in [1.165, 1.54) is 4.90 Å². The molecule has 212 valence electrons. The maximum Gasteiger partial charge on any atom is 0.244 e. The van der Waals surface area contributed by atoms with Gasteiger partial charge in [-0.05, 0) is 54.3 Å². The highest BCUT2D eigenvalue weighted by atomic mass is 79.9. The molecule has 40 heavy (non-hydrogen) atoms. The molecule has 1 aliphatic carbocycles. The summed E-state index contributed by atoms with van der Waals surface area (Å²) in [6.45, 7) is -0.286. The summed E-state index contributed by atoms with van der Waals surface area (Å²) in [4.78, 5) is 29.5. The first-order chi connectivity index (χ1) is 19.1. The van der Waals surface area contributed by atoms with Gasteiger partial charge in [-0.25, -0.2) is 8.42 Å². The monoisotopic (exact) mass is 689 g/mol. The number of carbonyl (C=O) groups excluding carboxylic acids is 2. The minimum Gasteiger partial charge on any atom is -0.352 e. The van der Waals surface area contributed by atoms with Gasteiger partial charge >= 0.3 is 0 Å². The molecule has 3 aromatic rings. The quantitative estimate of drug-likeness (QED) is 0.281. The highest BCUT2D eigenvalue weighted by Gasteiger charge is 2.34. The second-order valence-corrected chi connectivity index (χ2v) is 13.8. The summed E-state index contributed by atoms with van der Waals surface area (Å²) in [7, 11) is -3.81. The molecule has 1 fully saturated rings. The molecule has 0 saturated heterocycles. The summed E-state index contributed by atoms with van der Waals surface area (Å²) in [6.07, 6.45) is 5.33. The van der Waals surface area contributed by atoms with Crippen molar-refractivity contribution < 1.29 is 18.0 Å². The number of sulfonamides is 1. The van der Waals surface area contributed by atoms with Crippen LogP contribution in [-0.2, 0) is 32.6 Å². The van der Waals surface area contributed by atoms with Crippen LogP contribution in [0.5, 0.6) is 0 Å². The van der Waals surface area contributed by atoms with E-state index in [1.807, 2.05) is 54.6 Å². The maximum atomic E-state index is 14.1. The van der Waals surface area contributed by atoms with E-state index in [9.17, 15) is 18.0 Å². The second-order valence-electron chi connectivity index (χ2n) is 10.1. The molecular formula is C30H33Br2N3O4S. The van der Waals surface area contributed by atoms with Gasteiger partial charge in [-0.1, -0.05) is 93.2 Å². The first-order valence-electron chi connectivity index (χ1n) is 13.2. The van der Waals surface area contributed by atoms with Gasteiger partial charge in [-0.3, -0.25) is 13.9 Å². The van der Waals surface area contributed by atoms with Crippen molar-refractivity contribution in [1.29, 1.82) is 0 Å². The van der Waals surface area contributed by atoms with Crippen LogP contribution in [0.15, 0.2) is 87.8 Å². The average Bonchev–Trinajstić information content (AvgIpc) is 3.43. The molecule has 0 unspecified atom stereocenters. The molecule has 3 aromatic carbocycles. The van der Waals surface area contributed by atoms with E-state index >= 15 is 0 Å². The van der Waals surface area contributed by atoms with Crippen molar-refractivity contribution in [1.82, 2.24) is 10.2 Å². The fourth-order valence-corrected chi connectivity index (χ4v) is 6.45. The van der Waals surface area contributed by atoms with Crippen LogP contribution < -0.4 is 9.62 Å². The van der Waals surface area contributed by atoms with Crippen molar-refractivity contribution in [2.24, 2.45) is 0 Å². The molecule has 4 rings (SSSR count). The van der Waals surface area contributed by atoms with E-state index in [0.29, 0.717) is 16.6 Å². The van der Waals surface area contributed by atoms with Crippen molar-refractivity contribution in [2.75, 3.05) is 17.1 Å². The summed E-state index contributed by atoms with van der Waals surface area (Å²) < 4.78 is 28.4. The SMILES string of the molecule is CS(=O)(=O)N(CC(=O)N(Cc1ccc(Br)cc1)[C@@H](Cc1ccccc1)C(=O)NC1CCCC1)c1cccc(Br)c1. The van der Waals surface area contributed by atoms with Gasteiger partial charge in [0.25, 0.3) is 0 Å². The maximum absolute atomic E-state index is 14.1. The van der Waals surface area contributed by atoms with Crippen molar-refractivity contribution in [3.05, 3.63) is 98.9 Å². The van der Waals surface area contributed by atoms with Crippen molar-refractivity contribution in [2.45, 2.75) is 50.7 Å². The zero-order valence-corrected chi connectivity index (χ0v) is 26.3. The van der Waals surface area contributed by atoms with E-state index in [4.69, 9.17) is 0 Å². The van der Waals surface area contributed by atoms with E-state index in [0.717, 1.165) is 51.8 Å². The number of anilines is 1. The summed E-state index contributed by atoms with van der Waals surface area (Å²) in [5.74, 6) is -0.689. The van der Waals surface area contributed by atoms with Gasteiger partial charge in [0, 0.05) is 28.0 Å². The molecule has 0 aromatic heterocycles. The largest absolute Gasteiger partial charge is 0.352 e. The Morgan fingerprint density at radius 2 is 1.57 bits per heavy atom. The summed E-state index contributed by atoms with van der Waals surface area (Å²) in [5, 5.41) is 3.17. The first kappa shape index (κ1) is 30.3. The lowest BCUT2D eigenvalue weighted by molar-refractivity contribution is -0.140. The zero-order valence-electron chi connectivity index (χ0n) is 22.3. The van der Waals surface area contributed by atoms with Crippen LogP contribution in [0.25, 0.3) is 0 Å². The fourth-order valence-electron chi connectivity index (χ4n) is 4.95. The van der Waals surface area contributed by atoms with Gasteiger partial charge < -0.3 is 10.2 Å². The molecule has 0 bridgehead atoms. The standard InChI is InChI=1S/C30H33Br2N3O4S/c1-40(38,39)35(27-13-7-10-25(32)19-27)21-29(36)34(20-23-14-16-24(31)17-15-23)28(18-22-8-3-2-4-9-22)30(37)33-26-11-5-6-12-26/h2-4,7-10,13-17,19,26,28H,5-6,11-12,18,20-21H2,1H3,(H,33,37)/t28-/m0/s1. The van der Waals surface area contributed by atoms with E-state index < -0.39 is 28.5 Å². The zero-order chi connectivity index (χ0) is 28.7. The minimum atomic E-state index is -3.81. The fraction of sp³-hybridized carbons (Fsp3) is 0.333. The van der Waals surface area contributed by atoms with Crippen molar-refractivity contribution >= 4 is 59.4 Å². The Bertz CT molecular complexity index is 1410. The molecule has 10 heteroatoms. The van der Waals surface area contributed by atoms with Gasteiger partial charge in [0.05, 0.1) is 11.9 Å². The van der Waals surface area contributed by atoms with Crippen LogP contribution in [0.4, 0.5) is 5.69 Å². The highest BCUT2D eigenvalue weighted by molar-refractivity contribution is 9.10. The number of hydrogen-bond donors (Lipinski definition) is 1. The molecule has 1 atom stereocenters. The Morgan fingerprint density at radius 3 is 2.20 bits per heavy atom. The Hall–Kier alpha value is -2.69. The number of carbonyl (C=O) groups is 2. The van der Waals surface area contributed by atoms with Crippen LogP contribution in [-0.4, -0.2) is 50.0 Å². The lowest BCUT2D eigenvalue weighted by atomic mass is 10.0. The molecule has 0 heterocycles. The molecule has 0 radical (unpaired) electrons.